The zero-order valence-corrected chi connectivity index (χ0v) is 10.6. The molecule has 1 rings (SSSR count). The van der Waals surface area contributed by atoms with Crippen LogP contribution in [-0.4, -0.2) is 22.7 Å². The molecule has 0 spiro atoms. The van der Waals surface area contributed by atoms with Gasteiger partial charge in [-0.05, 0) is 5.92 Å². The van der Waals surface area contributed by atoms with Crippen molar-refractivity contribution in [2.45, 2.75) is 25.5 Å². The normalized spacial score (nSPS) is 12.8. The van der Waals surface area contributed by atoms with Gasteiger partial charge in [-0.2, -0.15) is 12.6 Å². The van der Waals surface area contributed by atoms with Crippen LogP contribution in [0, 0.1) is 5.92 Å². The summed E-state index contributed by atoms with van der Waals surface area (Å²) in [5.74, 6) is 0.262. The van der Waals surface area contributed by atoms with Gasteiger partial charge in [-0.1, -0.05) is 13.8 Å². The Kier molecular flexibility index (Phi) is 5.11. The molecule has 0 saturated heterocycles. The third-order valence-electron chi connectivity index (χ3n) is 2.02. The van der Waals surface area contributed by atoms with Gasteiger partial charge < -0.3 is 5.32 Å². The predicted octanol–water partition coefficient (Wildman–Crippen LogP) is 1.76. The van der Waals surface area contributed by atoms with E-state index in [-0.39, 0.29) is 17.1 Å². The molecule has 1 aromatic rings. The first-order valence-corrected chi connectivity index (χ1v) is 6.35. The van der Waals surface area contributed by atoms with Gasteiger partial charge in [-0.15, -0.1) is 11.3 Å². The van der Waals surface area contributed by atoms with Gasteiger partial charge in [0, 0.05) is 24.5 Å². The fraction of sp³-hybridized carbons (Fsp3) is 0.600. The Morgan fingerprint density at radius 3 is 2.93 bits per heavy atom. The monoisotopic (exact) mass is 244 g/mol. The van der Waals surface area contributed by atoms with Crippen LogP contribution >= 0.6 is 24.0 Å². The molecule has 0 radical (unpaired) electrons. The Bertz CT molecular complexity index is 298. The lowest BCUT2D eigenvalue weighted by Crippen LogP contribution is -2.35. The standard InChI is InChI=1S/C10H16N2OS2/c1-7(2)9(14)10(13)12-4-3-8-11-5-6-15-8/h5-7,9,14H,3-4H2,1-2H3,(H,12,13). The summed E-state index contributed by atoms with van der Waals surface area (Å²) in [6, 6.07) is 0. The topological polar surface area (TPSA) is 42.0 Å². The summed E-state index contributed by atoms with van der Waals surface area (Å²) in [6.07, 6.45) is 2.57. The Labute approximate surface area is 99.7 Å². The second kappa shape index (κ2) is 6.12. The molecule has 5 heteroatoms. The third-order valence-corrected chi connectivity index (χ3v) is 3.69. The van der Waals surface area contributed by atoms with E-state index in [0.29, 0.717) is 6.54 Å². The zero-order valence-electron chi connectivity index (χ0n) is 8.93. The molecule has 1 atom stereocenters. The number of nitrogens with one attached hydrogen (secondary N) is 1. The molecule has 84 valence electrons. The predicted molar refractivity (Wildman–Crippen MR) is 66.4 cm³/mol. The lowest BCUT2D eigenvalue weighted by molar-refractivity contribution is -0.121. The molecule has 3 nitrogen and oxygen atoms in total. The Hall–Kier alpha value is -0.550. The number of hydrogen-bond donors (Lipinski definition) is 2. The second-order valence-electron chi connectivity index (χ2n) is 3.66. The second-order valence-corrected chi connectivity index (χ2v) is 5.19. The van der Waals surface area contributed by atoms with E-state index in [9.17, 15) is 4.79 Å². The van der Waals surface area contributed by atoms with Gasteiger partial charge in [0.25, 0.3) is 0 Å². The smallest absolute Gasteiger partial charge is 0.233 e. The lowest BCUT2D eigenvalue weighted by Gasteiger charge is -2.13. The van der Waals surface area contributed by atoms with Crippen molar-refractivity contribution in [3.8, 4) is 0 Å². The van der Waals surface area contributed by atoms with E-state index in [1.54, 1.807) is 17.5 Å². The number of carbonyl (C=O) groups is 1. The van der Waals surface area contributed by atoms with Gasteiger partial charge in [0.2, 0.25) is 5.91 Å². The average Bonchev–Trinajstić information content (AvgIpc) is 2.69. The van der Waals surface area contributed by atoms with E-state index in [1.807, 2.05) is 19.2 Å². The first-order valence-electron chi connectivity index (χ1n) is 4.95. The molecule has 1 aromatic heterocycles. The maximum atomic E-state index is 11.5. The average molecular weight is 244 g/mol. The van der Waals surface area contributed by atoms with E-state index in [2.05, 4.69) is 22.9 Å². The molecule has 1 heterocycles. The lowest BCUT2D eigenvalue weighted by atomic mass is 10.1. The van der Waals surface area contributed by atoms with Crippen LogP contribution in [0.25, 0.3) is 0 Å². The van der Waals surface area contributed by atoms with Gasteiger partial charge >= 0.3 is 0 Å². The summed E-state index contributed by atoms with van der Waals surface area (Å²) < 4.78 is 0. The van der Waals surface area contributed by atoms with E-state index in [1.165, 1.54) is 0 Å². The highest BCUT2D eigenvalue weighted by Crippen LogP contribution is 2.08. The summed E-state index contributed by atoms with van der Waals surface area (Å²) >= 11 is 5.85. The van der Waals surface area contributed by atoms with Gasteiger partial charge in [0.15, 0.2) is 0 Å². The highest BCUT2D eigenvalue weighted by molar-refractivity contribution is 7.81. The fourth-order valence-electron chi connectivity index (χ4n) is 1.08. The van der Waals surface area contributed by atoms with Gasteiger partial charge in [-0.3, -0.25) is 4.79 Å². The molecule has 0 bridgehead atoms. The maximum absolute atomic E-state index is 11.5. The molecule has 0 aliphatic heterocycles. The maximum Gasteiger partial charge on any atom is 0.233 e. The number of thiazole rings is 1. The summed E-state index contributed by atoms with van der Waals surface area (Å²) in [6.45, 7) is 4.60. The zero-order chi connectivity index (χ0) is 11.3. The number of nitrogens with zero attached hydrogens (tertiary/aromatic N) is 1. The van der Waals surface area contributed by atoms with Crippen molar-refractivity contribution in [3.05, 3.63) is 16.6 Å². The summed E-state index contributed by atoms with van der Waals surface area (Å²) in [7, 11) is 0. The number of thiol groups is 1. The fourth-order valence-corrected chi connectivity index (χ4v) is 1.79. The van der Waals surface area contributed by atoms with Crippen LogP contribution in [0.1, 0.15) is 18.9 Å². The minimum atomic E-state index is -0.221. The van der Waals surface area contributed by atoms with Gasteiger partial charge in [0.1, 0.15) is 0 Å². The van der Waals surface area contributed by atoms with Crippen LogP contribution < -0.4 is 5.32 Å². The summed E-state index contributed by atoms with van der Waals surface area (Å²) in [5, 5.41) is 5.62. The van der Waals surface area contributed by atoms with Crippen LogP contribution in [0.15, 0.2) is 11.6 Å². The van der Waals surface area contributed by atoms with Crippen LogP contribution in [0.3, 0.4) is 0 Å². The van der Waals surface area contributed by atoms with E-state index >= 15 is 0 Å². The van der Waals surface area contributed by atoms with E-state index in [4.69, 9.17) is 0 Å². The van der Waals surface area contributed by atoms with Crippen LogP contribution in [0.2, 0.25) is 0 Å². The van der Waals surface area contributed by atoms with Crippen molar-refractivity contribution in [3.63, 3.8) is 0 Å². The minimum absolute atomic E-state index is 0.00453. The van der Waals surface area contributed by atoms with Crippen LogP contribution in [-0.2, 0) is 11.2 Å². The minimum Gasteiger partial charge on any atom is -0.355 e. The van der Waals surface area contributed by atoms with E-state index < -0.39 is 0 Å². The Balaban J connectivity index is 2.23. The number of carbonyl (C=O) groups excluding carboxylic acids is 1. The van der Waals surface area contributed by atoms with E-state index in [0.717, 1.165) is 11.4 Å². The molecule has 0 aliphatic carbocycles. The van der Waals surface area contributed by atoms with Crippen LogP contribution in [0.4, 0.5) is 0 Å². The summed E-state index contributed by atoms with van der Waals surface area (Å²) in [5.41, 5.74) is 0. The molecular formula is C10H16N2OS2. The Morgan fingerprint density at radius 2 is 2.40 bits per heavy atom. The SMILES string of the molecule is CC(C)C(S)C(=O)NCCc1nccs1. The molecular weight excluding hydrogens is 228 g/mol. The highest BCUT2D eigenvalue weighted by Gasteiger charge is 2.16. The van der Waals surface area contributed by atoms with Crippen molar-refractivity contribution in [1.82, 2.24) is 10.3 Å². The van der Waals surface area contributed by atoms with Crippen molar-refractivity contribution in [2.24, 2.45) is 5.92 Å². The molecule has 0 aromatic carbocycles. The molecule has 0 saturated carbocycles. The quantitative estimate of drug-likeness (QED) is 0.775. The van der Waals surface area contributed by atoms with Crippen molar-refractivity contribution in [1.29, 1.82) is 0 Å². The van der Waals surface area contributed by atoms with Crippen molar-refractivity contribution in [2.75, 3.05) is 6.54 Å². The molecule has 15 heavy (non-hydrogen) atoms. The summed E-state index contributed by atoms with van der Waals surface area (Å²) in [4.78, 5) is 15.6. The highest BCUT2D eigenvalue weighted by atomic mass is 32.1. The molecule has 0 fully saturated rings. The number of hydrogen-bond acceptors (Lipinski definition) is 4. The third kappa shape index (κ3) is 4.22. The van der Waals surface area contributed by atoms with Crippen molar-refractivity contribution >= 4 is 29.9 Å². The van der Waals surface area contributed by atoms with Crippen molar-refractivity contribution < 1.29 is 4.79 Å². The molecule has 0 aliphatic rings. The number of aromatic nitrogens is 1. The molecule has 1 amide bonds. The number of rotatable bonds is 5. The Morgan fingerprint density at radius 1 is 1.67 bits per heavy atom. The van der Waals surface area contributed by atoms with Gasteiger partial charge in [-0.25, -0.2) is 4.98 Å². The largest absolute Gasteiger partial charge is 0.355 e. The molecule has 1 unspecified atom stereocenters. The number of amides is 1. The molecule has 1 N–H and O–H groups in total. The first-order chi connectivity index (χ1) is 7.11. The first kappa shape index (κ1) is 12.5. The van der Waals surface area contributed by atoms with Crippen LogP contribution in [0.5, 0.6) is 0 Å². The van der Waals surface area contributed by atoms with Gasteiger partial charge in [0.05, 0.1) is 10.3 Å².